The van der Waals surface area contributed by atoms with Crippen molar-refractivity contribution < 1.29 is 18.7 Å². The minimum Gasteiger partial charge on any atom is -0.497 e. The van der Waals surface area contributed by atoms with Gasteiger partial charge in [-0.3, -0.25) is 4.79 Å². The molecule has 0 aliphatic carbocycles. The van der Waals surface area contributed by atoms with Gasteiger partial charge in [0.25, 0.3) is 0 Å². The van der Waals surface area contributed by atoms with Gasteiger partial charge in [0.1, 0.15) is 5.75 Å². The van der Waals surface area contributed by atoms with Crippen molar-refractivity contribution in [2.24, 2.45) is 0 Å². The summed E-state index contributed by atoms with van der Waals surface area (Å²) in [5, 5.41) is 10.2. The van der Waals surface area contributed by atoms with Crippen LogP contribution in [-0.4, -0.2) is 43.5 Å². The summed E-state index contributed by atoms with van der Waals surface area (Å²) in [6.07, 6.45) is 0. The monoisotopic (exact) mass is 277 g/mol. The number of hydrogen-bond donors (Lipinski definition) is 1. The maximum atomic E-state index is 11.7. The first-order chi connectivity index (χ1) is 9.74. The molecule has 1 aromatic heterocycles. The first-order valence-corrected chi connectivity index (χ1v) is 5.99. The van der Waals surface area contributed by atoms with Gasteiger partial charge in [0.15, 0.2) is 0 Å². The number of aromatic nitrogens is 2. The fourth-order valence-corrected chi connectivity index (χ4v) is 1.53. The standard InChI is InChI=1S/C13H15N3O4/c1-18-7-6-14-11(17)13-16-15-12(20-13)9-4-3-5-10(8-9)19-2/h3-5,8H,6-7H2,1-2H3,(H,14,17). The lowest BCUT2D eigenvalue weighted by Gasteiger charge is -2.01. The summed E-state index contributed by atoms with van der Waals surface area (Å²) in [7, 11) is 3.13. The highest BCUT2D eigenvalue weighted by Gasteiger charge is 2.15. The van der Waals surface area contributed by atoms with Gasteiger partial charge in [0, 0.05) is 19.2 Å². The molecule has 0 saturated heterocycles. The predicted octanol–water partition coefficient (Wildman–Crippen LogP) is 1.12. The van der Waals surface area contributed by atoms with Crippen molar-refractivity contribution in [3.05, 3.63) is 30.2 Å². The van der Waals surface area contributed by atoms with Crippen molar-refractivity contribution in [2.75, 3.05) is 27.4 Å². The lowest BCUT2D eigenvalue weighted by Crippen LogP contribution is -2.27. The third-order valence-corrected chi connectivity index (χ3v) is 2.53. The fraction of sp³-hybridized carbons (Fsp3) is 0.308. The maximum absolute atomic E-state index is 11.7. The topological polar surface area (TPSA) is 86.5 Å². The van der Waals surface area contributed by atoms with E-state index in [2.05, 4.69) is 15.5 Å². The van der Waals surface area contributed by atoms with Crippen LogP contribution >= 0.6 is 0 Å². The molecule has 7 heteroatoms. The number of rotatable bonds is 6. The average Bonchev–Trinajstić information content (AvgIpc) is 2.97. The third-order valence-electron chi connectivity index (χ3n) is 2.53. The molecule has 0 saturated carbocycles. The van der Waals surface area contributed by atoms with Gasteiger partial charge in [-0.05, 0) is 18.2 Å². The summed E-state index contributed by atoms with van der Waals surface area (Å²) in [6, 6.07) is 7.15. The molecule has 2 rings (SSSR count). The van der Waals surface area contributed by atoms with Crippen LogP contribution in [-0.2, 0) is 4.74 Å². The van der Waals surface area contributed by atoms with E-state index >= 15 is 0 Å². The largest absolute Gasteiger partial charge is 0.497 e. The quantitative estimate of drug-likeness (QED) is 0.796. The van der Waals surface area contributed by atoms with Gasteiger partial charge in [-0.15, -0.1) is 10.2 Å². The van der Waals surface area contributed by atoms with Crippen LogP contribution < -0.4 is 10.1 Å². The highest BCUT2D eigenvalue weighted by atomic mass is 16.5. The summed E-state index contributed by atoms with van der Waals surface area (Å²) >= 11 is 0. The van der Waals surface area contributed by atoms with E-state index in [0.29, 0.717) is 24.5 Å². The van der Waals surface area contributed by atoms with Crippen LogP contribution in [0.1, 0.15) is 10.7 Å². The van der Waals surface area contributed by atoms with Gasteiger partial charge in [-0.25, -0.2) is 0 Å². The Bertz CT molecular complexity index is 583. The molecule has 106 valence electrons. The molecule has 2 aromatic rings. The summed E-state index contributed by atoms with van der Waals surface area (Å²) in [5.41, 5.74) is 0.688. The van der Waals surface area contributed by atoms with Gasteiger partial charge in [0.2, 0.25) is 5.89 Å². The summed E-state index contributed by atoms with van der Waals surface area (Å²) in [6.45, 7) is 0.800. The second-order valence-electron chi connectivity index (χ2n) is 3.89. The van der Waals surface area contributed by atoms with E-state index in [1.54, 1.807) is 38.5 Å². The van der Waals surface area contributed by atoms with Gasteiger partial charge in [0.05, 0.1) is 13.7 Å². The molecule has 1 amide bonds. The number of amides is 1. The first kappa shape index (κ1) is 14.0. The Morgan fingerprint density at radius 3 is 2.95 bits per heavy atom. The molecule has 0 aliphatic heterocycles. The summed E-state index contributed by atoms with van der Waals surface area (Å²) in [5.74, 6) is 0.426. The molecule has 0 unspecified atom stereocenters. The number of hydrogen-bond acceptors (Lipinski definition) is 6. The highest BCUT2D eigenvalue weighted by molar-refractivity contribution is 5.89. The number of carbonyl (C=O) groups is 1. The molecule has 1 aromatic carbocycles. The molecule has 0 bridgehead atoms. The molecule has 1 heterocycles. The fourth-order valence-electron chi connectivity index (χ4n) is 1.53. The van der Waals surface area contributed by atoms with Gasteiger partial charge < -0.3 is 19.2 Å². The SMILES string of the molecule is COCCNC(=O)c1nnc(-c2cccc(OC)c2)o1. The molecule has 1 N–H and O–H groups in total. The second-order valence-corrected chi connectivity index (χ2v) is 3.89. The molecular formula is C13H15N3O4. The number of methoxy groups -OCH3 is 2. The van der Waals surface area contributed by atoms with Crippen LogP contribution in [0.3, 0.4) is 0 Å². The highest BCUT2D eigenvalue weighted by Crippen LogP contribution is 2.22. The average molecular weight is 277 g/mol. The van der Waals surface area contributed by atoms with Crippen molar-refractivity contribution in [2.45, 2.75) is 0 Å². The van der Waals surface area contributed by atoms with Crippen molar-refractivity contribution >= 4 is 5.91 Å². The summed E-state index contributed by atoms with van der Waals surface area (Å²) in [4.78, 5) is 11.7. The molecule has 0 spiro atoms. The Kier molecular flexibility index (Phi) is 4.67. The second kappa shape index (κ2) is 6.67. The van der Waals surface area contributed by atoms with E-state index in [-0.39, 0.29) is 11.8 Å². The Hall–Kier alpha value is -2.41. The van der Waals surface area contributed by atoms with Crippen LogP contribution in [0.25, 0.3) is 11.5 Å². The van der Waals surface area contributed by atoms with Gasteiger partial charge in [-0.2, -0.15) is 0 Å². The molecule has 0 aliphatic rings. The minimum atomic E-state index is -0.427. The van der Waals surface area contributed by atoms with Crippen molar-refractivity contribution in [3.8, 4) is 17.2 Å². The van der Waals surface area contributed by atoms with Gasteiger partial charge >= 0.3 is 11.8 Å². The Balaban J connectivity index is 2.09. The van der Waals surface area contributed by atoms with E-state index in [9.17, 15) is 4.79 Å². The number of nitrogens with zero attached hydrogens (tertiary/aromatic N) is 2. The zero-order chi connectivity index (χ0) is 14.4. The van der Waals surface area contributed by atoms with E-state index in [1.165, 1.54) is 0 Å². The van der Waals surface area contributed by atoms with E-state index < -0.39 is 5.91 Å². The zero-order valence-electron chi connectivity index (χ0n) is 11.3. The van der Waals surface area contributed by atoms with Crippen molar-refractivity contribution in [1.29, 1.82) is 0 Å². The van der Waals surface area contributed by atoms with Crippen LogP contribution in [0, 0.1) is 0 Å². The van der Waals surface area contributed by atoms with Crippen LogP contribution in [0.2, 0.25) is 0 Å². The first-order valence-electron chi connectivity index (χ1n) is 5.99. The number of carbonyl (C=O) groups excluding carboxylic acids is 1. The van der Waals surface area contributed by atoms with Crippen molar-refractivity contribution in [3.63, 3.8) is 0 Å². The molecule has 20 heavy (non-hydrogen) atoms. The zero-order valence-corrected chi connectivity index (χ0v) is 11.3. The van der Waals surface area contributed by atoms with Crippen molar-refractivity contribution in [1.82, 2.24) is 15.5 Å². The Morgan fingerprint density at radius 1 is 1.35 bits per heavy atom. The smallest absolute Gasteiger partial charge is 0.308 e. The maximum Gasteiger partial charge on any atom is 0.308 e. The van der Waals surface area contributed by atoms with E-state index in [4.69, 9.17) is 13.9 Å². The lowest BCUT2D eigenvalue weighted by molar-refractivity contribution is 0.0903. The molecule has 7 nitrogen and oxygen atoms in total. The third kappa shape index (κ3) is 3.33. The van der Waals surface area contributed by atoms with E-state index in [0.717, 1.165) is 0 Å². The number of nitrogens with one attached hydrogen (secondary N) is 1. The Labute approximate surface area is 115 Å². The van der Waals surface area contributed by atoms with Crippen LogP contribution in [0.4, 0.5) is 0 Å². The summed E-state index contributed by atoms with van der Waals surface area (Å²) < 4.78 is 15.3. The minimum absolute atomic E-state index is 0.0843. The molecular weight excluding hydrogens is 262 g/mol. The van der Waals surface area contributed by atoms with Crippen LogP contribution in [0.5, 0.6) is 5.75 Å². The lowest BCUT2D eigenvalue weighted by atomic mass is 10.2. The van der Waals surface area contributed by atoms with E-state index in [1.807, 2.05) is 0 Å². The molecule has 0 fully saturated rings. The molecule has 0 atom stereocenters. The normalized spacial score (nSPS) is 10.3. The van der Waals surface area contributed by atoms with Gasteiger partial charge in [-0.1, -0.05) is 6.07 Å². The molecule has 0 radical (unpaired) electrons. The predicted molar refractivity (Wildman–Crippen MR) is 70.5 cm³/mol. The number of benzene rings is 1. The van der Waals surface area contributed by atoms with Crippen LogP contribution in [0.15, 0.2) is 28.7 Å². The number of ether oxygens (including phenoxy) is 2. The Morgan fingerprint density at radius 2 is 2.20 bits per heavy atom.